The zero-order valence-electron chi connectivity index (χ0n) is 8.03. The van der Waals surface area contributed by atoms with E-state index in [4.69, 9.17) is 11.6 Å². The van der Waals surface area contributed by atoms with Crippen LogP contribution in [0.15, 0.2) is 24.4 Å². The molecule has 1 aromatic rings. The van der Waals surface area contributed by atoms with Gasteiger partial charge in [-0.05, 0) is 31.6 Å². The molecule has 0 spiro atoms. The number of rotatable bonds is 4. The molecule has 0 saturated heterocycles. The van der Waals surface area contributed by atoms with E-state index in [2.05, 4.69) is 4.98 Å². The van der Waals surface area contributed by atoms with E-state index in [9.17, 15) is 4.79 Å². The molecular formula is C11H12ClNO. The molecule has 0 bridgehead atoms. The molecular weight excluding hydrogens is 198 g/mol. The van der Waals surface area contributed by atoms with E-state index >= 15 is 0 Å². The Kier molecular flexibility index (Phi) is 4.33. The molecule has 0 aromatic carbocycles. The molecule has 0 N–H and O–H groups in total. The fraction of sp³-hybridized carbons (Fsp3) is 0.273. The van der Waals surface area contributed by atoms with Crippen LogP contribution in [0.3, 0.4) is 0 Å². The van der Waals surface area contributed by atoms with Gasteiger partial charge in [0.1, 0.15) is 0 Å². The second kappa shape index (κ2) is 5.55. The van der Waals surface area contributed by atoms with Crippen LogP contribution in [0.1, 0.15) is 29.4 Å². The molecule has 1 heterocycles. The number of pyridine rings is 1. The highest BCUT2D eigenvalue weighted by Crippen LogP contribution is 2.03. The summed E-state index contributed by atoms with van der Waals surface area (Å²) < 4.78 is 0. The van der Waals surface area contributed by atoms with E-state index in [0.717, 1.165) is 12.1 Å². The monoisotopic (exact) mass is 209 g/mol. The van der Waals surface area contributed by atoms with Crippen molar-refractivity contribution in [1.82, 2.24) is 4.98 Å². The van der Waals surface area contributed by atoms with Crippen molar-refractivity contribution in [3.8, 4) is 0 Å². The van der Waals surface area contributed by atoms with Gasteiger partial charge in [-0.15, -0.1) is 11.6 Å². The molecule has 3 heteroatoms. The summed E-state index contributed by atoms with van der Waals surface area (Å²) in [6.07, 6.45) is 6.27. The molecule has 0 fully saturated rings. The molecule has 1 aromatic heterocycles. The molecule has 0 aliphatic carbocycles. The average molecular weight is 210 g/mol. The topological polar surface area (TPSA) is 30.0 Å². The van der Waals surface area contributed by atoms with Gasteiger partial charge >= 0.3 is 0 Å². The smallest absolute Gasteiger partial charge is 0.161 e. The van der Waals surface area contributed by atoms with Crippen LogP contribution >= 0.6 is 11.6 Å². The lowest BCUT2D eigenvalue weighted by molar-refractivity contribution is 0.101. The lowest BCUT2D eigenvalue weighted by Crippen LogP contribution is -1.93. The Balaban J connectivity index is 2.68. The predicted molar refractivity (Wildman–Crippen MR) is 58.6 cm³/mol. The number of ketones is 1. The Morgan fingerprint density at radius 1 is 1.57 bits per heavy atom. The maximum absolute atomic E-state index is 10.9. The minimum Gasteiger partial charge on any atom is -0.294 e. The van der Waals surface area contributed by atoms with Gasteiger partial charge in [0.2, 0.25) is 0 Å². The highest BCUT2D eigenvalue weighted by Gasteiger charge is 1.97. The van der Waals surface area contributed by atoms with Crippen molar-refractivity contribution in [2.45, 2.75) is 13.3 Å². The first-order valence-corrected chi connectivity index (χ1v) is 4.97. The third-order valence-electron chi connectivity index (χ3n) is 1.76. The van der Waals surface area contributed by atoms with E-state index in [0.29, 0.717) is 11.4 Å². The first-order valence-electron chi connectivity index (χ1n) is 4.43. The minimum absolute atomic E-state index is 0.0359. The standard InChI is InChI=1S/C11H12ClNO/c1-9(14)10-5-6-11(13-8-10)4-2-3-7-12/h2,4-6,8H,3,7H2,1H3. The van der Waals surface area contributed by atoms with Crippen molar-refractivity contribution in [1.29, 1.82) is 0 Å². The maximum atomic E-state index is 10.9. The number of hydrogen-bond donors (Lipinski definition) is 0. The van der Waals surface area contributed by atoms with Crippen LogP contribution in [0.25, 0.3) is 6.08 Å². The van der Waals surface area contributed by atoms with Crippen molar-refractivity contribution in [2.24, 2.45) is 0 Å². The summed E-state index contributed by atoms with van der Waals surface area (Å²) in [5, 5.41) is 0. The Hall–Kier alpha value is -1.15. The van der Waals surface area contributed by atoms with Crippen LogP contribution in [0.4, 0.5) is 0 Å². The van der Waals surface area contributed by atoms with E-state index in [-0.39, 0.29) is 5.78 Å². The van der Waals surface area contributed by atoms with Crippen molar-refractivity contribution in [3.63, 3.8) is 0 Å². The zero-order chi connectivity index (χ0) is 10.4. The first-order chi connectivity index (χ1) is 6.74. The number of aromatic nitrogens is 1. The van der Waals surface area contributed by atoms with Crippen molar-refractivity contribution < 1.29 is 4.79 Å². The third-order valence-corrected chi connectivity index (χ3v) is 1.98. The van der Waals surface area contributed by atoms with E-state index in [1.165, 1.54) is 6.92 Å². The molecule has 2 nitrogen and oxygen atoms in total. The molecule has 74 valence electrons. The number of hydrogen-bond acceptors (Lipinski definition) is 2. The summed E-state index contributed by atoms with van der Waals surface area (Å²) >= 11 is 5.52. The van der Waals surface area contributed by atoms with Crippen LogP contribution in [0.2, 0.25) is 0 Å². The quantitative estimate of drug-likeness (QED) is 0.564. The molecule has 0 saturated carbocycles. The van der Waals surface area contributed by atoms with Gasteiger partial charge in [-0.25, -0.2) is 0 Å². The summed E-state index contributed by atoms with van der Waals surface area (Å²) in [7, 11) is 0. The Bertz CT molecular complexity index is 330. The number of carbonyl (C=O) groups is 1. The highest BCUT2D eigenvalue weighted by molar-refractivity contribution is 6.17. The van der Waals surface area contributed by atoms with Crippen molar-refractivity contribution in [2.75, 3.05) is 5.88 Å². The van der Waals surface area contributed by atoms with Gasteiger partial charge in [-0.3, -0.25) is 9.78 Å². The minimum atomic E-state index is 0.0359. The lowest BCUT2D eigenvalue weighted by Gasteiger charge is -1.95. The van der Waals surface area contributed by atoms with E-state index < -0.39 is 0 Å². The van der Waals surface area contributed by atoms with Crippen LogP contribution in [0, 0.1) is 0 Å². The summed E-state index contributed by atoms with van der Waals surface area (Å²) in [4.78, 5) is 15.1. The maximum Gasteiger partial charge on any atom is 0.161 e. The molecule has 0 radical (unpaired) electrons. The number of alkyl halides is 1. The molecule has 0 atom stereocenters. The number of halogens is 1. The van der Waals surface area contributed by atoms with E-state index in [1.807, 2.05) is 18.2 Å². The highest BCUT2D eigenvalue weighted by atomic mass is 35.5. The zero-order valence-corrected chi connectivity index (χ0v) is 8.79. The van der Waals surface area contributed by atoms with Gasteiger partial charge < -0.3 is 0 Å². The van der Waals surface area contributed by atoms with Gasteiger partial charge in [0, 0.05) is 17.6 Å². The Morgan fingerprint density at radius 2 is 2.36 bits per heavy atom. The SMILES string of the molecule is CC(=O)c1ccc(C=CCCCl)nc1. The second-order valence-electron chi connectivity index (χ2n) is 2.91. The predicted octanol–water partition coefficient (Wildman–Crippen LogP) is 2.93. The molecule has 0 aliphatic rings. The number of carbonyl (C=O) groups excluding carboxylic acids is 1. The summed E-state index contributed by atoms with van der Waals surface area (Å²) in [6, 6.07) is 3.59. The third kappa shape index (κ3) is 3.30. The van der Waals surface area contributed by atoms with Crippen LogP contribution < -0.4 is 0 Å². The van der Waals surface area contributed by atoms with E-state index in [1.54, 1.807) is 12.3 Å². The first kappa shape index (κ1) is 10.9. The molecule has 0 unspecified atom stereocenters. The van der Waals surface area contributed by atoms with Gasteiger partial charge in [0.15, 0.2) is 5.78 Å². The van der Waals surface area contributed by atoms with Crippen molar-refractivity contribution >= 4 is 23.5 Å². The normalized spacial score (nSPS) is 10.7. The molecule has 0 amide bonds. The lowest BCUT2D eigenvalue weighted by atomic mass is 10.2. The number of Topliss-reactive ketones (excluding diaryl/α,β-unsaturated/α-hetero) is 1. The van der Waals surface area contributed by atoms with Crippen molar-refractivity contribution in [3.05, 3.63) is 35.7 Å². The number of allylic oxidation sites excluding steroid dienone is 1. The van der Waals surface area contributed by atoms with Gasteiger partial charge in [0.05, 0.1) is 5.69 Å². The van der Waals surface area contributed by atoms with Gasteiger partial charge in [-0.2, -0.15) is 0 Å². The van der Waals surface area contributed by atoms with Gasteiger partial charge in [0.25, 0.3) is 0 Å². The Morgan fingerprint density at radius 3 is 2.86 bits per heavy atom. The largest absolute Gasteiger partial charge is 0.294 e. The summed E-state index contributed by atoms with van der Waals surface area (Å²) in [5.74, 6) is 0.649. The van der Waals surface area contributed by atoms with Crippen LogP contribution in [0.5, 0.6) is 0 Å². The molecule has 0 aliphatic heterocycles. The van der Waals surface area contributed by atoms with Crippen LogP contribution in [-0.4, -0.2) is 16.6 Å². The molecule has 14 heavy (non-hydrogen) atoms. The summed E-state index contributed by atoms with van der Waals surface area (Å²) in [6.45, 7) is 1.53. The van der Waals surface area contributed by atoms with Crippen LogP contribution in [-0.2, 0) is 0 Å². The molecule has 1 rings (SSSR count). The fourth-order valence-electron chi connectivity index (χ4n) is 0.979. The second-order valence-corrected chi connectivity index (χ2v) is 3.29. The average Bonchev–Trinajstić information content (AvgIpc) is 2.19. The fourth-order valence-corrected chi connectivity index (χ4v) is 1.11. The summed E-state index contributed by atoms with van der Waals surface area (Å²) in [5.41, 5.74) is 1.49. The Labute approximate surface area is 88.6 Å². The number of nitrogens with zero attached hydrogens (tertiary/aromatic N) is 1. The van der Waals surface area contributed by atoms with Gasteiger partial charge in [-0.1, -0.05) is 6.08 Å².